The van der Waals surface area contributed by atoms with Gasteiger partial charge in [-0.3, -0.25) is 0 Å². The number of nitrogens with one attached hydrogen (secondary N) is 1. The number of aromatic nitrogens is 2. The van der Waals surface area contributed by atoms with E-state index in [0.717, 1.165) is 25.3 Å². The lowest BCUT2D eigenvalue weighted by Crippen LogP contribution is -2.29. The SMILES string of the molecule is CC(N)Cc1nc(C2CCCNC2)no1. The molecule has 2 atom stereocenters. The van der Waals surface area contributed by atoms with E-state index >= 15 is 0 Å². The van der Waals surface area contributed by atoms with Crippen LogP contribution in [0.4, 0.5) is 0 Å². The molecule has 15 heavy (non-hydrogen) atoms. The highest BCUT2D eigenvalue weighted by atomic mass is 16.5. The summed E-state index contributed by atoms with van der Waals surface area (Å²) in [6.07, 6.45) is 2.99. The Labute approximate surface area is 89.4 Å². The van der Waals surface area contributed by atoms with Crippen LogP contribution in [0.3, 0.4) is 0 Å². The zero-order valence-electron chi connectivity index (χ0n) is 9.07. The quantitative estimate of drug-likeness (QED) is 0.756. The average Bonchev–Trinajstić information content (AvgIpc) is 2.67. The van der Waals surface area contributed by atoms with E-state index in [1.54, 1.807) is 0 Å². The molecule has 1 aliphatic rings. The number of nitrogens with two attached hydrogens (primary N) is 1. The molecule has 0 aliphatic carbocycles. The summed E-state index contributed by atoms with van der Waals surface area (Å²) in [7, 11) is 0. The molecule has 0 amide bonds. The summed E-state index contributed by atoms with van der Waals surface area (Å²) < 4.78 is 5.16. The minimum Gasteiger partial charge on any atom is -0.339 e. The van der Waals surface area contributed by atoms with E-state index in [2.05, 4.69) is 15.5 Å². The number of hydrogen-bond acceptors (Lipinski definition) is 5. The Morgan fingerprint density at radius 1 is 1.67 bits per heavy atom. The molecule has 2 unspecified atom stereocenters. The highest BCUT2D eigenvalue weighted by molar-refractivity contribution is 4.98. The number of piperidine rings is 1. The van der Waals surface area contributed by atoms with Crippen molar-refractivity contribution in [2.45, 2.75) is 38.1 Å². The Bertz CT molecular complexity index is 304. The summed E-state index contributed by atoms with van der Waals surface area (Å²) in [6, 6.07) is 0.0720. The maximum atomic E-state index is 5.67. The zero-order valence-corrected chi connectivity index (χ0v) is 9.07. The molecule has 84 valence electrons. The van der Waals surface area contributed by atoms with Crippen molar-refractivity contribution < 1.29 is 4.52 Å². The maximum absolute atomic E-state index is 5.67. The molecule has 0 bridgehead atoms. The van der Waals surface area contributed by atoms with Gasteiger partial charge in [-0.1, -0.05) is 5.16 Å². The molecule has 0 saturated carbocycles. The second kappa shape index (κ2) is 4.72. The third kappa shape index (κ3) is 2.76. The van der Waals surface area contributed by atoms with Crippen LogP contribution in [0.15, 0.2) is 4.52 Å². The lowest BCUT2D eigenvalue weighted by molar-refractivity contribution is 0.356. The molecule has 5 heteroatoms. The van der Waals surface area contributed by atoms with Crippen LogP contribution in [0.25, 0.3) is 0 Å². The second-order valence-electron chi connectivity index (χ2n) is 4.27. The van der Waals surface area contributed by atoms with Gasteiger partial charge in [-0.2, -0.15) is 4.98 Å². The number of rotatable bonds is 3. The standard InChI is InChI=1S/C10H18N4O/c1-7(11)5-9-13-10(14-15-9)8-3-2-4-12-6-8/h7-8,12H,2-6,11H2,1H3. The van der Waals surface area contributed by atoms with Crippen LogP contribution < -0.4 is 11.1 Å². The summed E-state index contributed by atoms with van der Waals surface area (Å²) in [6.45, 7) is 3.99. The van der Waals surface area contributed by atoms with Crippen molar-refractivity contribution in [1.82, 2.24) is 15.5 Å². The van der Waals surface area contributed by atoms with Crippen LogP contribution in [0.1, 0.15) is 37.4 Å². The van der Waals surface area contributed by atoms with Crippen molar-refractivity contribution >= 4 is 0 Å². The molecule has 1 aromatic rings. The van der Waals surface area contributed by atoms with Crippen LogP contribution in [0.5, 0.6) is 0 Å². The van der Waals surface area contributed by atoms with Crippen LogP contribution in [0, 0.1) is 0 Å². The first-order valence-electron chi connectivity index (χ1n) is 5.54. The predicted octanol–water partition coefficient (Wildman–Crippen LogP) is 0.426. The van der Waals surface area contributed by atoms with Gasteiger partial charge in [0.25, 0.3) is 0 Å². The van der Waals surface area contributed by atoms with Gasteiger partial charge in [0, 0.05) is 24.9 Å². The van der Waals surface area contributed by atoms with Gasteiger partial charge in [0.15, 0.2) is 5.82 Å². The van der Waals surface area contributed by atoms with Crippen LogP contribution >= 0.6 is 0 Å². The number of hydrogen-bond donors (Lipinski definition) is 2. The van der Waals surface area contributed by atoms with E-state index in [-0.39, 0.29) is 6.04 Å². The third-order valence-electron chi connectivity index (χ3n) is 2.64. The molecular formula is C10H18N4O. The van der Waals surface area contributed by atoms with Gasteiger partial charge >= 0.3 is 0 Å². The molecule has 2 rings (SSSR count). The van der Waals surface area contributed by atoms with Crippen molar-refractivity contribution in [1.29, 1.82) is 0 Å². The van der Waals surface area contributed by atoms with E-state index in [0.29, 0.717) is 18.2 Å². The van der Waals surface area contributed by atoms with Gasteiger partial charge in [0.1, 0.15) is 0 Å². The van der Waals surface area contributed by atoms with Crippen molar-refractivity contribution in [2.75, 3.05) is 13.1 Å². The monoisotopic (exact) mass is 210 g/mol. The van der Waals surface area contributed by atoms with Gasteiger partial charge in [0.2, 0.25) is 5.89 Å². The molecule has 3 N–H and O–H groups in total. The van der Waals surface area contributed by atoms with E-state index in [9.17, 15) is 0 Å². The molecule has 0 aromatic carbocycles. The molecule has 2 heterocycles. The summed E-state index contributed by atoms with van der Waals surface area (Å²) >= 11 is 0. The van der Waals surface area contributed by atoms with Crippen LogP contribution in [-0.2, 0) is 6.42 Å². The first-order chi connectivity index (χ1) is 7.25. The summed E-state index contributed by atoms with van der Waals surface area (Å²) in [5.74, 6) is 1.90. The van der Waals surface area contributed by atoms with E-state index in [1.807, 2.05) is 6.92 Å². The minimum atomic E-state index is 0.0720. The summed E-state index contributed by atoms with van der Waals surface area (Å²) in [4.78, 5) is 4.38. The van der Waals surface area contributed by atoms with Crippen LogP contribution in [-0.4, -0.2) is 29.3 Å². The summed E-state index contributed by atoms with van der Waals surface area (Å²) in [5.41, 5.74) is 5.67. The molecule has 1 aromatic heterocycles. The Balaban J connectivity index is 1.99. The first kappa shape index (κ1) is 10.6. The van der Waals surface area contributed by atoms with Crippen LogP contribution in [0.2, 0.25) is 0 Å². The van der Waals surface area contributed by atoms with Gasteiger partial charge in [-0.05, 0) is 26.3 Å². The third-order valence-corrected chi connectivity index (χ3v) is 2.64. The maximum Gasteiger partial charge on any atom is 0.228 e. The fourth-order valence-electron chi connectivity index (χ4n) is 1.86. The van der Waals surface area contributed by atoms with Crippen molar-refractivity contribution in [3.05, 3.63) is 11.7 Å². The summed E-state index contributed by atoms with van der Waals surface area (Å²) in [5, 5.41) is 7.35. The predicted molar refractivity (Wildman–Crippen MR) is 56.5 cm³/mol. The van der Waals surface area contributed by atoms with Crippen molar-refractivity contribution in [2.24, 2.45) is 5.73 Å². The molecule has 5 nitrogen and oxygen atoms in total. The molecule has 0 radical (unpaired) electrons. The van der Waals surface area contributed by atoms with E-state index in [4.69, 9.17) is 10.3 Å². The van der Waals surface area contributed by atoms with E-state index in [1.165, 1.54) is 6.42 Å². The molecule has 1 aliphatic heterocycles. The Morgan fingerprint density at radius 3 is 3.20 bits per heavy atom. The lowest BCUT2D eigenvalue weighted by atomic mass is 9.99. The highest BCUT2D eigenvalue weighted by Crippen LogP contribution is 2.20. The average molecular weight is 210 g/mol. The largest absolute Gasteiger partial charge is 0.339 e. The topological polar surface area (TPSA) is 77.0 Å². The Hall–Kier alpha value is -0.940. The second-order valence-corrected chi connectivity index (χ2v) is 4.27. The van der Waals surface area contributed by atoms with Gasteiger partial charge in [-0.15, -0.1) is 0 Å². The van der Waals surface area contributed by atoms with E-state index < -0.39 is 0 Å². The molecular weight excluding hydrogens is 192 g/mol. The fraction of sp³-hybridized carbons (Fsp3) is 0.800. The minimum absolute atomic E-state index is 0.0720. The number of nitrogens with zero attached hydrogens (tertiary/aromatic N) is 2. The normalized spacial score (nSPS) is 24.0. The van der Waals surface area contributed by atoms with Crippen molar-refractivity contribution in [3.63, 3.8) is 0 Å². The smallest absolute Gasteiger partial charge is 0.228 e. The van der Waals surface area contributed by atoms with Gasteiger partial charge < -0.3 is 15.6 Å². The Kier molecular flexibility index (Phi) is 3.33. The molecule has 1 fully saturated rings. The highest BCUT2D eigenvalue weighted by Gasteiger charge is 2.20. The molecule has 1 saturated heterocycles. The molecule has 0 spiro atoms. The van der Waals surface area contributed by atoms with Gasteiger partial charge in [0.05, 0.1) is 0 Å². The zero-order chi connectivity index (χ0) is 10.7. The lowest BCUT2D eigenvalue weighted by Gasteiger charge is -2.19. The fourth-order valence-corrected chi connectivity index (χ4v) is 1.86. The Morgan fingerprint density at radius 2 is 2.53 bits per heavy atom. The van der Waals surface area contributed by atoms with Crippen molar-refractivity contribution in [3.8, 4) is 0 Å². The van der Waals surface area contributed by atoms with Gasteiger partial charge in [-0.25, -0.2) is 0 Å². The first-order valence-corrected chi connectivity index (χ1v) is 5.54.